The first-order chi connectivity index (χ1) is 17.1. The number of ether oxygens (including phenoxy) is 1. The number of halogens is 2. The molecule has 2 aromatic rings. The molecule has 0 fully saturated rings. The van der Waals surface area contributed by atoms with Gasteiger partial charge in [0.05, 0.1) is 17.8 Å². The molecule has 1 atom stereocenters. The molecule has 202 valence electrons. The Morgan fingerprint density at radius 1 is 1.14 bits per heavy atom. The maximum atomic E-state index is 15.0. The first-order valence-electron chi connectivity index (χ1n) is 12.2. The summed E-state index contributed by atoms with van der Waals surface area (Å²) in [6.07, 6.45) is 0.0139. The summed E-state index contributed by atoms with van der Waals surface area (Å²) in [7, 11) is 1.50. The molecule has 37 heavy (non-hydrogen) atoms. The zero-order valence-corrected chi connectivity index (χ0v) is 23.1. The van der Waals surface area contributed by atoms with Gasteiger partial charge in [-0.1, -0.05) is 32.4 Å². The Morgan fingerprint density at radius 3 is 2.38 bits per heavy atom. The van der Waals surface area contributed by atoms with E-state index in [-0.39, 0.29) is 34.6 Å². The summed E-state index contributed by atoms with van der Waals surface area (Å²) >= 11 is 5.95. The molecule has 0 saturated heterocycles. The lowest BCUT2D eigenvalue weighted by molar-refractivity contribution is -0.124. The summed E-state index contributed by atoms with van der Waals surface area (Å²) in [5, 5.41) is 5.60. The van der Waals surface area contributed by atoms with Crippen LogP contribution >= 0.6 is 11.6 Å². The van der Waals surface area contributed by atoms with E-state index in [9.17, 15) is 18.8 Å². The number of rotatable bonds is 4. The van der Waals surface area contributed by atoms with Crippen molar-refractivity contribution in [2.24, 2.45) is 5.41 Å². The average molecular weight is 536 g/mol. The second-order valence-corrected chi connectivity index (χ2v) is 11.6. The molecule has 0 spiro atoms. The van der Waals surface area contributed by atoms with Crippen LogP contribution in [0.3, 0.4) is 0 Å². The van der Waals surface area contributed by atoms with Gasteiger partial charge in [-0.3, -0.25) is 9.59 Å². The predicted octanol–water partition coefficient (Wildman–Crippen LogP) is 4.37. The Morgan fingerprint density at radius 2 is 1.81 bits per heavy atom. The van der Waals surface area contributed by atoms with Crippen LogP contribution in [0, 0.1) is 11.2 Å². The highest BCUT2D eigenvalue weighted by Crippen LogP contribution is 2.30. The van der Waals surface area contributed by atoms with E-state index in [1.165, 1.54) is 24.1 Å². The largest absolute Gasteiger partial charge is 0.444 e. The molecule has 1 aliphatic heterocycles. The fraction of sp³-hybridized carbons (Fsp3) is 0.538. The van der Waals surface area contributed by atoms with Crippen LogP contribution in [0.4, 0.5) is 9.18 Å². The second-order valence-electron chi connectivity index (χ2n) is 11.1. The van der Waals surface area contributed by atoms with Crippen molar-refractivity contribution in [3.8, 4) is 11.4 Å². The molecule has 2 heterocycles. The number of benzene rings is 1. The Labute approximate surface area is 221 Å². The zero-order valence-electron chi connectivity index (χ0n) is 22.4. The molecule has 1 aromatic carbocycles. The SMILES string of the molecule is CNC(=O)C(NC(=O)c1nc(-c2ccc(Cl)cc2F)n2c1CN(C(=O)OC(C)(C)C)CCC2)C(C)(C)C. The Kier molecular flexibility index (Phi) is 8.21. The van der Waals surface area contributed by atoms with Crippen LogP contribution < -0.4 is 10.6 Å². The minimum Gasteiger partial charge on any atom is -0.444 e. The van der Waals surface area contributed by atoms with Crippen molar-refractivity contribution in [1.29, 1.82) is 0 Å². The highest BCUT2D eigenvalue weighted by Gasteiger charge is 2.36. The third-order valence-corrected chi connectivity index (χ3v) is 6.15. The summed E-state index contributed by atoms with van der Waals surface area (Å²) in [5.74, 6) is -1.30. The predicted molar refractivity (Wildman–Crippen MR) is 139 cm³/mol. The lowest BCUT2D eigenvalue weighted by atomic mass is 9.86. The summed E-state index contributed by atoms with van der Waals surface area (Å²) in [6.45, 7) is 11.6. The van der Waals surface area contributed by atoms with Gasteiger partial charge in [-0.25, -0.2) is 14.2 Å². The van der Waals surface area contributed by atoms with Gasteiger partial charge in [0.15, 0.2) is 5.69 Å². The second kappa shape index (κ2) is 10.7. The highest BCUT2D eigenvalue weighted by molar-refractivity contribution is 6.30. The molecule has 3 rings (SSSR count). The van der Waals surface area contributed by atoms with Crippen LogP contribution in [0.2, 0.25) is 5.02 Å². The normalized spacial score (nSPS) is 14.9. The molecular formula is C26H35ClFN5O4. The van der Waals surface area contributed by atoms with Gasteiger partial charge in [-0.2, -0.15) is 0 Å². The number of likely N-dealkylation sites (N-methyl/N-ethyl adjacent to an activating group) is 1. The lowest BCUT2D eigenvalue weighted by Gasteiger charge is -2.30. The minimum absolute atomic E-state index is 0.0120. The maximum Gasteiger partial charge on any atom is 0.410 e. The Hall–Kier alpha value is -3.14. The van der Waals surface area contributed by atoms with Crippen molar-refractivity contribution in [2.45, 2.75) is 72.7 Å². The summed E-state index contributed by atoms with van der Waals surface area (Å²) in [4.78, 5) is 45.1. The van der Waals surface area contributed by atoms with E-state index in [0.717, 1.165) is 0 Å². The number of fused-ring (bicyclic) bond motifs is 1. The van der Waals surface area contributed by atoms with Crippen molar-refractivity contribution >= 4 is 29.5 Å². The van der Waals surface area contributed by atoms with Gasteiger partial charge >= 0.3 is 6.09 Å². The Bertz CT molecular complexity index is 1200. The van der Waals surface area contributed by atoms with E-state index in [1.807, 2.05) is 20.8 Å². The standard InChI is InChI=1S/C26H35ClFN5O4/c1-25(2,3)20(23(35)29-7)31-22(34)19-18-14-32(24(36)37-26(4,5)6)11-8-12-33(18)21(30-19)16-10-9-15(27)13-17(16)28/h9-10,13,20H,8,11-12,14H2,1-7H3,(H,29,35)(H,31,34). The van der Waals surface area contributed by atoms with Crippen LogP contribution in [-0.2, 0) is 22.6 Å². The first-order valence-corrected chi connectivity index (χ1v) is 12.6. The monoisotopic (exact) mass is 535 g/mol. The van der Waals surface area contributed by atoms with E-state index < -0.39 is 34.9 Å². The van der Waals surface area contributed by atoms with Gasteiger partial charge in [0.25, 0.3) is 5.91 Å². The first kappa shape index (κ1) is 28.4. The van der Waals surface area contributed by atoms with E-state index in [0.29, 0.717) is 25.2 Å². The molecule has 1 aliphatic rings. The molecule has 0 aliphatic carbocycles. The van der Waals surface area contributed by atoms with Gasteiger partial charge in [-0.15, -0.1) is 0 Å². The van der Waals surface area contributed by atoms with E-state index in [1.54, 1.807) is 31.4 Å². The van der Waals surface area contributed by atoms with Gasteiger partial charge in [-0.05, 0) is 50.8 Å². The van der Waals surface area contributed by atoms with Crippen molar-refractivity contribution in [3.63, 3.8) is 0 Å². The third kappa shape index (κ3) is 6.60. The molecule has 2 N–H and O–H groups in total. The number of hydrogen-bond acceptors (Lipinski definition) is 5. The number of carbonyl (C=O) groups is 3. The van der Waals surface area contributed by atoms with E-state index in [2.05, 4.69) is 15.6 Å². The van der Waals surface area contributed by atoms with Crippen molar-refractivity contribution in [3.05, 3.63) is 40.4 Å². The van der Waals surface area contributed by atoms with Crippen LogP contribution in [0.1, 0.15) is 64.1 Å². The number of hydrogen-bond donors (Lipinski definition) is 2. The van der Waals surface area contributed by atoms with Crippen LogP contribution in [-0.4, -0.2) is 57.6 Å². The van der Waals surface area contributed by atoms with Crippen molar-refractivity contribution in [2.75, 3.05) is 13.6 Å². The molecule has 0 saturated carbocycles. The van der Waals surface area contributed by atoms with Gasteiger partial charge in [0, 0.05) is 25.2 Å². The zero-order chi connectivity index (χ0) is 27.7. The lowest BCUT2D eigenvalue weighted by Crippen LogP contribution is -2.53. The van der Waals surface area contributed by atoms with Gasteiger partial charge in [0.2, 0.25) is 5.91 Å². The highest BCUT2D eigenvalue weighted by atomic mass is 35.5. The number of amides is 3. The number of carbonyl (C=O) groups excluding carboxylic acids is 3. The molecule has 0 radical (unpaired) electrons. The fourth-order valence-electron chi connectivity index (χ4n) is 4.13. The summed E-state index contributed by atoms with van der Waals surface area (Å²) < 4.78 is 22.3. The molecular weight excluding hydrogens is 501 g/mol. The van der Waals surface area contributed by atoms with Crippen LogP contribution in [0.25, 0.3) is 11.4 Å². The molecule has 3 amide bonds. The molecule has 1 unspecified atom stereocenters. The number of imidazole rings is 1. The molecule has 0 bridgehead atoms. The van der Waals surface area contributed by atoms with E-state index >= 15 is 0 Å². The topological polar surface area (TPSA) is 106 Å². The smallest absolute Gasteiger partial charge is 0.410 e. The number of aromatic nitrogens is 2. The minimum atomic E-state index is -0.856. The maximum absolute atomic E-state index is 15.0. The third-order valence-electron chi connectivity index (χ3n) is 5.91. The van der Waals surface area contributed by atoms with Gasteiger partial charge in [0.1, 0.15) is 23.3 Å². The number of nitrogens with one attached hydrogen (secondary N) is 2. The van der Waals surface area contributed by atoms with Crippen LogP contribution in [0.15, 0.2) is 18.2 Å². The quantitative estimate of drug-likeness (QED) is 0.604. The van der Waals surface area contributed by atoms with Crippen molar-refractivity contribution in [1.82, 2.24) is 25.1 Å². The summed E-state index contributed by atoms with van der Waals surface area (Å²) in [6, 6.07) is 3.38. The Balaban J connectivity index is 2.11. The van der Waals surface area contributed by atoms with Gasteiger partial charge < -0.3 is 24.8 Å². The fourth-order valence-corrected chi connectivity index (χ4v) is 4.29. The molecule has 9 nitrogen and oxygen atoms in total. The number of nitrogens with zero attached hydrogens (tertiary/aromatic N) is 3. The van der Waals surface area contributed by atoms with E-state index in [4.69, 9.17) is 16.3 Å². The van der Waals surface area contributed by atoms with Crippen molar-refractivity contribution < 1.29 is 23.5 Å². The summed E-state index contributed by atoms with van der Waals surface area (Å²) in [5.41, 5.74) is -0.684. The molecule has 1 aromatic heterocycles. The van der Waals surface area contributed by atoms with Crippen LogP contribution in [0.5, 0.6) is 0 Å². The molecule has 11 heteroatoms. The average Bonchev–Trinajstić information content (AvgIpc) is 2.97.